The molecular formula is C18H14ClFN2OS. The molecule has 0 atom stereocenters. The van der Waals surface area contributed by atoms with Gasteiger partial charge in [-0.25, -0.2) is 9.37 Å². The number of thiazole rings is 1. The monoisotopic (exact) mass is 360 g/mol. The van der Waals surface area contributed by atoms with E-state index in [2.05, 4.69) is 10.3 Å². The summed E-state index contributed by atoms with van der Waals surface area (Å²) in [7, 11) is 0. The second-order valence-electron chi connectivity index (χ2n) is 5.20. The lowest BCUT2D eigenvalue weighted by Gasteiger charge is -2.04. The van der Waals surface area contributed by atoms with Crippen molar-refractivity contribution in [2.45, 2.75) is 13.5 Å². The fourth-order valence-corrected chi connectivity index (χ4v) is 3.56. The van der Waals surface area contributed by atoms with E-state index in [4.69, 9.17) is 11.6 Å². The first-order valence-corrected chi connectivity index (χ1v) is 8.49. The van der Waals surface area contributed by atoms with Crippen molar-refractivity contribution in [3.05, 3.63) is 75.5 Å². The summed E-state index contributed by atoms with van der Waals surface area (Å²) >= 11 is 7.69. The van der Waals surface area contributed by atoms with E-state index in [1.54, 1.807) is 6.07 Å². The SMILES string of the molecule is Cc1nc(-c2ccccc2Cl)sc1CNC(=O)c1cccc(F)c1. The van der Waals surface area contributed by atoms with Crippen molar-refractivity contribution in [1.29, 1.82) is 0 Å². The molecule has 0 aliphatic rings. The molecule has 0 saturated heterocycles. The van der Waals surface area contributed by atoms with Gasteiger partial charge >= 0.3 is 0 Å². The first kappa shape index (κ1) is 16.6. The number of rotatable bonds is 4. The third kappa shape index (κ3) is 3.63. The number of aryl methyl sites for hydroxylation is 1. The molecule has 1 N–H and O–H groups in total. The lowest BCUT2D eigenvalue weighted by Crippen LogP contribution is -2.22. The van der Waals surface area contributed by atoms with Crippen molar-refractivity contribution in [3.8, 4) is 10.6 Å². The fourth-order valence-electron chi connectivity index (χ4n) is 2.23. The highest BCUT2D eigenvalue weighted by molar-refractivity contribution is 7.15. The van der Waals surface area contributed by atoms with E-state index >= 15 is 0 Å². The van der Waals surface area contributed by atoms with E-state index in [0.29, 0.717) is 17.1 Å². The summed E-state index contributed by atoms with van der Waals surface area (Å²) in [6.45, 7) is 2.23. The molecule has 1 amide bonds. The largest absolute Gasteiger partial charge is 0.347 e. The van der Waals surface area contributed by atoms with E-state index < -0.39 is 5.82 Å². The van der Waals surface area contributed by atoms with Gasteiger partial charge in [-0.3, -0.25) is 4.79 Å². The molecule has 0 saturated carbocycles. The summed E-state index contributed by atoms with van der Waals surface area (Å²) in [4.78, 5) is 17.6. The van der Waals surface area contributed by atoms with Crippen LogP contribution < -0.4 is 5.32 Å². The first-order valence-electron chi connectivity index (χ1n) is 7.29. The van der Waals surface area contributed by atoms with Crippen molar-refractivity contribution in [2.75, 3.05) is 0 Å². The minimum Gasteiger partial charge on any atom is -0.347 e. The molecule has 0 unspecified atom stereocenters. The molecule has 3 rings (SSSR count). The van der Waals surface area contributed by atoms with Gasteiger partial charge in [0.15, 0.2) is 0 Å². The first-order chi connectivity index (χ1) is 11.5. The Morgan fingerprint density at radius 2 is 2.04 bits per heavy atom. The van der Waals surface area contributed by atoms with Crippen LogP contribution in [-0.4, -0.2) is 10.9 Å². The average molecular weight is 361 g/mol. The smallest absolute Gasteiger partial charge is 0.251 e. The second-order valence-corrected chi connectivity index (χ2v) is 6.69. The molecule has 1 heterocycles. The van der Waals surface area contributed by atoms with Crippen LogP contribution in [0.15, 0.2) is 48.5 Å². The highest BCUT2D eigenvalue weighted by atomic mass is 35.5. The number of halogens is 2. The van der Waals surface area contributed by atoms with E-state index in [1.165, 1.54) is 29.5 Å². The third-order valence-electron chi connectivity index (χ3n) is 3.49. The number of nitrogens with one attached hydrogen (secondary N) is 1. The topological polar surface area (TPSA) is 42.0 Å². The molecule has 6 heteroatoms. The molecule has 1 aromatic heterocycles. The predicted molar refractivity (Wildman–Crippen MR) is 94.9 cm³/mol. The molecule has 0 radical (unpaired) electrons. The van der Waals surface area contributed by atoms with Crippen molar-refractivity contribution in [2.24, 2.45) is 0 Å². The van der Waals surface area contributed by atoms with Gasteiger partial charge in [0.25, 0.3) is 5.91 Å². The summed E-state index contributed by atoms with van der Waals surface area (Å²) in [5.41, 5.74) is 2.01. The normalized spacial score (nSPS) is 10.6. The van der Waals surface area contributed by atoms with Gasteiger partial charge in [0, 0.05) is 16.0 Å². The highest BCUT2D eigenvalue weighted by Gasteiger charge is 2.13. The lowest BCUT2D eigenvalue weighted by atomic mass is 10.2. The zero-order chi connectivity index (χ0) is 17.1. The fraction of sp³-hybridized carbons (Fsp3) is 0.111. The van der Waals surface area contributed by atoms with Crippen molar-refractivity contribution in [1.82, 2.24) is 10.3 Å². The average Bonchev–Trinajstić information content (AvgIpc) is 2.93. The Morgan fingerprint density at radius 3 is 2.79 bits per heavy atom. The van der Waals surface area contributed by atoms with Crippen LogP contribution in [0.25, 0.3) is 10.6 Å². The van der Waals surface area contributed by atoms with E-state index in [-0.39, 0.29) is 5.91 Å². The number of carbonyl (C=O) groups excluding carboxylic acids is 1. The van der Waals surface area contributed by atoms with Gasteiger partial charge in [0.05, 0.1) is 17.3 Å². The van der Waals surface area contributed by atoms with Crippen LogP contribution in [0, 0.1) is 12.7 Å². The molecule has 0 bridgehead atoms. The highest BCUT2D eigenvalue weighted by Crippen LogP contribution is 2.32. The minimum absolute atomic E-state index is 0.295. The zero-order valence-electron chi connectivity index (χ0n) is 12.8. The molecule has 3 nitrogen and oxygen atoms in total. The molecule has 2 aromatic carbocycles. The minimum atomic E-state index is -0.433. The molecule has 24 heavy (non-hydrogen) atoms. The lowest BCUT2D eigenvalue weighted by molar-refractivity contribution is 0.0951. The molecule has 0 fully saturated rings. The van der Waals surface area contributed by atoms with E-state index in [9.17, 15) is 9.18 Å². The molecular weight excluding hydrogens is 347 g/mol. The second kappa shape index (κ2) is 7.11. The summed E-state index contributed by atoms with van der Waals surface area (Å²) < 4.78 is 13.2. The maximum absolute atomic E-state index is 13.2. The van der Waals surface area contributed by atoms with Gasteiger partial charge in [-0.05, 0) is 31.2 Å². The number of carbonyl (C=O) groups is 1. The number of aromatic nitrogens is 1. The van der Waals surface area contributed by atoms with Crippen LogP contribution in [0.5, 0.6) is 0 Å². The van der Waals surface area contributed by atoms with E-state index in [1.807, 2.05) is 31.2 Å². The molecule has 0 aliphatic carbocycles. The van der Waals surface area contributed by atoms with Gasteiger partial charge in [0.2, 0.25) is 0 Å². The van der Waals surface area contributed by atoms with Crippen LogP contribution >= 0.6 is 22.9 Å². The summed E-state index contributed by atoms with van der Waals surface area (Å²) in [6.07, 6.45) is 0. The molecule has 3 aromatic rings. The number of hydrogen-bond donors (Lipinski definition) is 1. The Hall–Kier alpha value is -2.24. The van der Waals surface area contributed by atoms with Gasteiger partial charge in [-0.2, -0.15) is 0 Å². The van der Waals surface area contributed by atoms with Crippen molar-refractivity contribution in [3.63, 3.8) is 0 Å². The molecule has 122 valence electrons. The summed E-state index contributed by atoms with van der Waals surface area (Å²) in [6, 6.07) is 13.1. The quantitative estimate of drug-likeness (QED) is 0.723. The Balaban J connectivity index is 1.75. The van der Waals surface area contributed by atoms with Gasteiger partial charge in [-0.15, -0.1) is 11.3 Å². The number of hydrogen-bond acceptors (Lipinski definition) is 3. The summed E-state index contributed by atoms with van der Waals surface area (Å²) in [5.74, 6) is -0.751. The number of nitrogens with zero attached hydrogens (tertiary/aromatic N) is 1. The van der Waals surface area contributed by atoms with Gasteiger partial charge < -0.3 is 5.32 Å². The van der Waals surface area contributed by atoms with Crippen LogP contribution in [0.1, 0.15) is 20.9 Å². The van der Waals surface area contributed by atoms with Crippen LogP contribution in [0.2, 0.25) is 5.02 Å². The van der Waals surface area contributed by atoms with Crippen molar-refractivity contribution >= 4 is 28.8 Å². The molecule has 0 aliphatic heterocycles. The Morgan fingerprint density at radius 1 is 1.25 bits per heavy atom. The molecule has 0 spiro atoms. The maximum atomic E-state index is 13.2. The van der Waals surface area contributed by atoms with Crippen LogP contribution in [0.3, 0.4) is 0 Å². The Kier molecular flexibility index (Phi) is 4.92. The third-order valence-corrected chi connectivity index (χ3v) is 5.01. The van der Waals surface area contributed by atoms with Crippen LogP contribution in [-0.2, 0) is 6.54 Å². The number of amides is 1. The van der Waals surface area contributed by atoms with Gasteiger partial charge in [0.1, 0.15) is 10.8 Å². The van der Waals surface area contributed by atoms with E-state index in [0.717, 1.165) is 21.1 Å². The zero-order valence-corrected chi connectivity index (χ0v) is 14.4. The van der Waals surface area contributed by atoms with Crippen LogP contribution in [0.4, 0.5) is 4.39 Å². The van der Waals surface area contributed by atoms with Crippen molar-refractivity contribution < 1.29 is 9.18 Å². The Labute approximate surface area is 148 Å². The van der Waals surface area contributed by atoms with Gasteiger partial charge in [-0.1, -0.05) is 35.9 Å². The predicted octanol–water partition coefficient (Wildman–Crippen LogP) is 4.84. The number of benzene rings is 2. The standard InChI is InChI=1S/C18H14ClFN2OS/c1-11-16(10-21-17(23)12-5-4-6-13(20)9-12)24-18(22-11)14-7-2-3-8-15(14)19/h2-9H,10H2,1H3,(H,21,23). The summed E-state index contributed by atoms with van der Waals surface area (Å²) in [5, 5.41) is 4.25. The maximum Gasteiger partial charge on any atom is 0.251 e. The Bertz CT molecular complexity index is 894.